The molecule has 3 nitrogen and oxygen atoms in total. The van der Waals surface area contributed by atoms with E-state index < -0.39 is 5.82 Å². The topological polar surface area (TPSA) is 29.5 Å². The maximum absolute atomic E-state index is 13.6. The molecule has 0 aromatic heterocycles. The number of hydrogen-bond donors (Lipinski definition) is 0. The Morgan fingerprint density at radius 2 is 2.05 bits per heavy atom. The lowest BCUT2D eigenvalue weighted by atomic mass is 10.1. The lowest BCUT2D eigenvalue weighted by molar-refractivity contribution is 0.100. The largest absolute Gasteiger partial charge is 0.491 e. The molecular formula is C15H20FNO2. The second-order valence-corrected chi connectivity index (χ2v) is 4.92. The van der Waals surface area contributed by atoms with Crippen molar-refractivity contribution in [2.45, 2.75) is 26.2 Å². The summed E-state index contributed by atoms with van der Waals surface area (Å²) in [6.07, 6.45) is 3.77. The summed E-state index contributed by atoms with van der Waals surface area (Å²) >= 11 is 0. The fourth-order valence-corrected chi connectivity index (χ4v) is 2.43. The van der Waals surface area contributed by atoms with Crippen molar-refractivity contribution in [3.8, 4) is 5.75 Å². The number of carbonyl (C=O) groups excluding carboxylic acids is 1. The highest BCUT2D eigenvalue weighted by molar-refractivity contribution is 5.97. The first-order valence-corrected chi connectivity index (χ1v) is 6.83. The predicted octanol–water partition coefficient (Wildman–Crippen LogP) is 2.89. The Bertz CT molecular complexity index is 442. The van der Waals surface area contributed by atoms with Gasteiger partial charge in [0.25, 0.3) is 0 Å². The van der Waals surface area contributed by atoms with Crippen LogP contribution in [0.5, 0.6) is 5.75 Å². The SMILES string of the molecule is CC(=O)c1c(F)cccc1OCCN1CCCCC1. The lowest BCUT2D eigenvalue weighted by Crippen LogP contribution is -2.33. The minimum atomic E-state index is -0.511. The second kappa shape index (κ2) is 6.66. The Kier molecular flexibility index (Phi) is 4.91. The van der Waals surface area contributed by atoms with Gasteiger partial charge in [-0.1, -0.05) is 12.5 Å². The van der Waals surface area contributed by atoms with Gasteiger partial charge in [0.15, 0.2) is 5.78 Å². The molecule has 1 aromatic rings. The van der Waals surface area contributed by atoms with E-state index >= 15 is 0 Å². The Morgan fingerprint density at radius 1 is 1.32 bits per heavy atom. The highest BCUT2D eigenvalue weighted by atomic mass is 19.1. The molecule has 19 heavy (non-hydrogen) atoms. The number of likely N-dealkylation sites (tertiary alicyclic amines) is 1. The average molecular weight is 265 g/mol. The number of carbonyl (C=O) groups is 1. The lowest BCUT2D eigenvalue weighted by Gasteiger charge is -2.26. The van der Waals surface area contributed by atoms with Crippen LogP contribution in [0.25, 0.3) is 0 Å². The van der Waals surface area contributed by atoms with Crippen molar-refractivity contribution < 1.29 is 13.9 Å². The zero-order chi connectivity index (χ0) is 13.7. The van der Waals surface area contributed by atoms with Crippen molar-refractivity contribution >= 4 is 5.78 Å². The molecule has 1 heterocycles. The highest BCUT2D eigenvalue weighted by Gasteiger charge is 2.15. The molecule has 104 valence electrons. The smallest absolute Gasteiger partial charge is 0.166 e. The first kappa shape index (κ1) is 14.0. The number of Topliss-reactive ketones (excluding diaryl/α,β-unsaturated/α-hetero) is 1. The van der Waals surface area contributed by atoms with E-state index in [0.717, 1.165) is 19.6 Å². The number of piperidine rings is 1. The molecular weight excluding hydrogens is 245 g/mol. The molecule has 0 unspecified atom stereocenters. The number of ketones is 1. The number of ether oxygens (including phenoxy) is 1. The maximum Gasteiger partial charge on any atom is 0.166 e. The van der Waals surface area contributed by atoms with E-state index in [9.17, 15) is 9.18 Å². The van der Waals surface area contributed by atoms with E-state index in [2.05, 4.69) is 4.90 Å². The van der Waals surface area contributed by atoms with Gasteiger partial charge in [-0.15, -0.1) is 0 Å². The van der Waals surface area contributed by atoms with Crippen molar-refractivity contribution in [2.24, 2.45) is 0 Å². The number of nitrogens with zero attached hydrogens (tertiary/aromatic N) is 1. The van der Waals surface area contributed by atoms with Gasteiger partial charge in [0, 0.05) is 6.54 Å². The predicted molar refractivity (Wildman–Crippen MR) is 72.2 cm³/mol. The minimum absolute atomic E-state index is 0.0566. The molecule has 0 saturated carbocycles. The molecule has 1 aromatic carbocycles. The fraction of sp³-hybridized carbons (Fsp3) is 0.533. The van der Waals surface area contributed by atoms with Crippen molar-refractivity contribution in [2.75, 3.05) is 26.2 Å². The molecule has 1 aliphatic rings. The Balaban J connectivity index is 1.92. The number of rotatable bonds is 5. The molecule has 2 rings (SSSR count). The summed E-state index contributed by atoms with van der Waals surface area (Å²) < 4.78 is 19.2. The number of hydrogen-bond acceptors (Lipinski definition) is 3. The van der Waals surface area contributed by atoms with Gasteiger partial charge in [-0.05, 0) is 45.0 Å². The quantitative estimate of drug-likeness (QED) is 0.767. The van der Waals surface area contributed by atoms with Gasteiger partial charge in [-0.2, -0.15) is 0 Å². The summed E-state index contributed by atoms with van der Waals surface area (Å²) in [6, 6.07) is 4.50. The molecule has 1 aliphatic heterocycles. The van der Waals surface area contributed by atoms with Gasteiger partial charge in [0.1, 0.15) is 18.2 Å². The molecule has 0 bridgehead atoms. The van der Waals surface area contributed by atoms with E-state index in [0.29, 0.717) is 12.4 Å². The zero-order valence-electron chi connectivity index (χ0n) is 11.3. The van der Waals surface area contributed by atoms with Crippen LogP contribution in [0.2, 0.25) is 0 Å². The van der Waals surface area contributed by atoms with Crippen LogP contribution in [0.4, 0.5) is 4.39 Å². The van der Waals surface area contributed by atoms with Crippen LogP contribution in [-0.2, 0) is 0 Å². The van der Waals surface area contributed by atoms with Gasteiger partial charge < -0.3 is 4.74 Å². The monoisotopic (exact) mass is 265 g/mol. The Labute approximate surface area is 113 Å². The van der Waals surface area contributed by atoms with Crippen LogP contribution < -0.4 is 4.74 Å². The summed E-state index contributed by atoms with van der Waals surface area (Å²) in [6.45, 7) is 4.88. The van der Waals surface area contributed by atoms with Crippen LogP contribution >= 0.6 is 0 Å². The molecule has 4 heteroatoms. The van der Waals surface area contributed by atoms with Crippen LogP contribution in [0.1, 0.15) is 36.5 Å². The maximum atomic E-state index is 13.6. The van der Waals surface area contributed by atoms with E-state index in [1.165, 1.54) is 32.3 Å². The second-order valence-electron chi connectivity index (χ2n) is 4.92. The van der Waals surface area contributed by atoms with E-state index in [1.54, 1.807) is 12.1 Å². The summed E-state index contributed by atoms with van der Waals surface area (Å²) in [7, 11) is 0. The van der Waals surface area contributed by atoms with Crippen molar-refractivity contribution in [1.82, 2.24) is 4.90 Å². The Hall–Kier alpha value is -1.42. The molecule has 0 amide bonds. The van der Waals surface area contributed by atoms with Gasteiger partial charge in [0.05, 0.1) is 5.56 Å². The van der Waals surface area contributed by atoms with E-state index in [4.69, 9.17) is 4.74 Å². The van der Waals surface area contributed by atoms with Crippen molar-refractivity contribution in [3.63, 3.8) is 0 Å². The standard InChI is InChI=1S/C15H20FNO2/c1-12(18)15-13(16)6-5-7-14(15)19-11-10-17-8-3-2-4-9-17/h5-7H,2-4,8-11H2,1H3. The summed E-state index contributed by atoms with van der Waals surface area (Å²) in [5.74, 6) is -0.460. The molecule has 0 radical (unpaired) electrons. The summed E-state index contributed by atoms with van der Waals surface area (Å²) in [5, 5.41) is 0. The third-order valence-electron chi connectivity index (χ3n) is 3.44. The fourth-order valence-electron chi connectivity index (χ4n) is 2.43. The molecule has 0 N–H and O–H groups in total. The number of halogens is 1. The van der Waals surface area contributed by atoms with Gasteiger partial charge in [0.2, 0.25) is 0 Å². The van der Waals surface area contributed by atoms with Gasteiger partial charge >= 0.3 is 0 Å². The van der Waals surface area contributed by atoms with Crippen LogP contribution in [0.15, 0.2) is 18.2 Å². The summed E-state index contributed by atoms with van der Waals surface area (Å²) in [5.41, 5.74) is 0.0566. The normalized spacial score (nSPS) is 16.3. The molecule has 1 saturated heterocycles. The first-order valence-electron chi connectivity index (χ1n) is 6.83. The third-order valence-corrected chi connectivity index (χ3v) is 3.44. The van der Waals surface area contributed by atoms with Crippen molar-refractivity contribution in [1.29, 1.82) is 0 Å². The highest BCUT2D eigenvalue weighted by Crippen LogP contribution is 2.22. The van der Waals surface area contributed by atoms with Crippen LogP contribution in [0, 0.1) is 5.82 Å². The molecule has 0 aliphatic carbocycles. The van der Waals surface area contributed by atoms with Gasteiger partial charge in [-0.25, -0.2) is 4.39 Å². The molecule has 1 fully saturated rings. The van der Waals surface area contributed by atoms with Gasteiger partial charge in [-0.3, -0.25) is 9.69 Å². The van der Waals surface area contributed by atoms with Crippen LogP contribution in [0.3, 0.4) is 0 Å². The van der Waals surface area contributed by atoms with E-state index in [1.807, 2.05) is 0 Å². The first-order chi connectivity index (χ1) is 9.18. The molecule has 0 spiro atoms. The average Bonchev–Trinajstić information content (AvgIpc) is 2.39. The van der Waals surface area contributed by atoms with Crippen molar-refractivity contribution in [3.05, 3.63) is 29.6 Å². The summed E-state index contributed by atoms with van der Waals surface area (Å²) in [4.78, 5) is 13.8. The third kappa shape index (κ3) is 3.77. The number of benzene rings is 1. The van der Waals surface area contributed by atoms with E-state index in [-0.39, 0.29) is 11.3 Å². The zero-order valence-corrected chi connectivity index (χ0v) is 11.3. The minimum Gasteiger partial charge on any atom is -0.491 e. The molecule has 0 atom stereocenters. The van der Waals surface area contributed by atoms with Crippen LogP contribution in [-0.4, -0.2) is 36.9 Å². The Morgan fingerprint density at radius 3 is 2.74 bits per heavy atom.